The van der Waals surface area contributed by atoms with Gasteiger partial charge in [-0.15, -0.1) is 0 Å². The van der Waals surface area contributed by atoms with Crippen molar-refractivity contribution in [1.29, 1.82) is 0 Å². The molecule has 19 heavy (non-hydrogen) atoms. The molecular formula is C17H26N2. The third-order valence-electron chi connectivity index (χ3n) is 4.86. The average molecular weight is 258 g/mol. The topological polar surface area (TPSA) is 15.3 Å². The van der Waals surface area contributed by atoms with E-state index in [9.17, 15) is 0 Å². The second-order valence-electron chi connectivity index (χ2n) is 6.20. The molecule has 1 N–H and O–H groups in total. The lowest BCUT2D eigenvalue weighted by molar-refractivity contribution is 0.0946. The van der Waals surface area contributed by atoms with E-state index >= 15 is 0 Å². The Morgan fingerprint density at radius 1 is 1.26 bits per heavy atom. The molecule has 0 bridgehead atoms. The number of likely N-dealkylation sites (tertiary alicyclic amines) is 1. The van der Waals surface area contributed by atoms with Gasteiger partial charge in [0, 0.05) is 18.6 Å². The zero-order chi connectivity index (χ0) is 13.2. The number of rotatable bonds is 3. The van der Waals surface area contributed by atoms with Gasteiger partial charge in [0.2, 0.25) is 0 Å². The van der Waals surface area contributed by atoms with Gasteiger partial charge in [-0.2, -0.15) is 0 Å². The third-order valence-corrected chi connectivity index (χ3v) is 4.86. The molecule has 0 spiro atoms. The fourth-order valence-electron chi connectivity index (χ4n) is 3.93. The van der Waals surface area contributed by atoms with Crippen LogP contribution in [-0.4, -0.2) is 31.1 Å². The van der Waals surface area contributed by atoms with Crippen molar-refractivity contribution in [2.45, 2.75) is 51.1 Å². The van der Waals surface area contributed by atoms with Gasteiger partial charge in [0.1, 0.15) is 0 Å². The highest BCUT2D eigenvalue weighted by Crippen LogP contribution is 2.39. The minimum atomic E-state index is 0.675. The standard InChI is InChI=1S/C17H26N2/c1-13-6-7-14-8-9-17(16(14)11-13)19-10-4-3-5-15(19)12-18-2/h6-7,11,15,17-18H,3-5,8-10,12H2,1-2H3. The first kappa shape index (κ1) is 13.1. The Labute approximate surface area is 117 Å². The summed E-state index contributed by atoms with van der Waals surface area (Å²) in [5.41, 5.74) is 4.61. The highest BCUT2D eigenvalue weighted by molar-refractivity contribution is 5.37. The Morgan fingerprint density at radius 3 is 3.00 bits per heavy atom. The van der Waals surface area contributed by atoms with Crippen LogP contribution in [-0.2, 0) is 6.42 Å². The van der Waals surface area contributed by atoms with Crippen LogP contribution in [0.1, 0.15) is 48.4 Å². The van der Waals surface area contributed by atoms with E-state index in [1.54, 1.807) is 11.1 Å². The van der Waals surface area contributed by atoms with Gasteiger partial charge in [0.15, 0.2) is 0 Å². The van der Waals surface area contributed by atoms with E-state index in [1.807, 2.05) is 0 Å². The van der Waals surface area contributed by atoms with Gasteiger partial charge < -0.3 is 5.32 Å². The maximum atomic E-state index is 3.38. The Balaban J connectivity index is 1.84. The number of piperidine rings is 1. The number of benzene rings is 1. The maximum absolute atomic E-state index is 3.38. The largest absolute Gasteiger partial charge is 0.318 e. The molecule has 0 radical (unpaired) electrons. The van der Waals surface area contributed by atoms with Gasteiger partial charge >= 0.3 is 0 Å². The van der Waals surface area contributed by atoms with E-state index in [0.717, 1.165) is 12.6 Å². The molecule has 1 heterocycles. The van der Waals surface area contributed by atoms with Crippen molar-refractivity contribution in [3.8, 4) is 0 Å². The molecule has 0 saturated carbocycles. The summed E-state index contributed by atoms with van der Waals surface area (Å²) in [5, 5.41) is 3.38. The van der Waals surface area contributed by atoms with E-state index in [4.69, 9.17) is 0 Å². The Hall–Kier alpha value is -0.860. The number of hydrogen-bond donors (Lipinski definition) is 1. The van der Waals surface area contributed by atoms with E-state index < -0.39 is 0 Å². The lowest BCUT2D eigenvalue weighted by Gasteiger charge is -2.40. The minimum absolute atomic E-state index is 0.675. The Morgan fingerprint density at radius 2 is 2.16 bits per heavy atom. The van der Waals surface area contributed by atoms with Crippen molar-refractivity contribution >= 4 is 0 Å². The first-order chi connectivity index (χ1) is 9.29. The molecule has 1 aromatic rings. The number of nitrogens with one attached hydrogen (secondary N) is 1. The van der Waals surface area contributed by atoms with Crippen LogP contribution in [0.4, 0.5) is 0 Å². The monoisotopic (exact) mass is 258 g/mol. The zero-order valence-electron chi connectivity index (χ0n) is 12.3. The SMILES string of the molecule is CNCC1CCCCN1C1CCc2ccc(C)cc21. The van der Waals surface area contributed by atoms with E-state index in [2.05, 4.69) is 42.4 Å². The van der Waals surface area contributed by atoms with Crippen molar-refractivity contribution in [3.05, 3.63) is 34.9 Å². The molecule has 104 valence electrons. The number of likely N-dealkylation sites (N-methyl/N-ethyl adjacent to an activating group) is 1. The van der Waals surface area contributed by atoms with Crippen LogP contribution >= 0.6 is 0 Å². The van der Waals surface area contributed by atoms with E-state index in [-0.39, 0.29) is 0 Å². The Kier molecular flexibility index (Phi) is 3.90. The number of nitrogens with zero attached hydrogens (tertiary/aromatic N) is 1. The van der Waals surface area contributed by atoms with Crippen LogP contribution in [0.5, 0.6) is 0 Å². The highest BCUT2D eigenvalue weighted by Gasteiger charge is 2.33. The quantitative estimate of drug-likeness (QED) is 0.896. The molecule has 2 nitrogen and oxygen atoms in total. The van der Waals surface area contributed by atoms with E-state index in [1.165, 1.54) is 44.2 Å². The summed E-state index contributed by atoms with van der Waals surface area (Å²) in [4.78, 5) is 2.78. The normalized spacial score (nSPS) is 27.5. The molecule has 2 heteroatoms. The molecule has 1 aromatic carbocycles. The zero-order valence-corrected chi connectivity index (χ0v) is 12.3. The Bertz CT molecular complexity index is 439. The summed E-state index contributed by atoms with van der Waals surface area (Å²) in [5.74, 6) is 0. The lowest BCUT2D eigenvalue weighted by atomic mass is 9.96. The second kappa shape index (κ2) is 5.64. The summed E-state index contributed by atoms with van der Waals surface area (Å²) in [6, 6.07) is 8.45. The predicted molar refractivity (Wildman–Crippen MR) is 80.5 cm³/mol. The maximum Gasteiger partial charge on any atom is 0.0357 e. The highest BCUT2D eigenvalue weighted by atomic mass is 15.2. The van der Waals surface area contributed by atoms with Crippen molar-refractivity contribution in [2.24, 2.45) is 0 Å². The molecule has 1 fully saturated rings. The first-order valence-electron chi connectivity index (χ1n) is 7.79. The molecule has 2 unspecified atom stereocenters. The predicted octanol–water partition coefficient (Wildman–Crippen LogP) is 3.06. The van der Waals surface area contributed by atoms with Gasteiger partial charge in [-0.25, -0.2) is 0 Å². The number of fused-ring (bicyclic) bond motifs is 1. The molecule has 2 atom stereocenters. The van der Waals surface area contributed by atoms with Gasteiger partial charge in [-0.05, 0) is 57.3 Å². The van der Waals surface area contributed by atoms with Gasteiger partial charge in [-0.1, -0.05) is 30.2 Å². The lowest BCUT2D eigenvalue weighted by Crippen LogP contribution is -2.46. The molecule has 3 rings (SSSR count). The molecule has 1 aliphatic heterocycles. The molecule has 1 saturated heterocycles. The average Bonchev–Trinajstić information content (AvgIpc) is 2.82. The van der Waals surface area contributed by atoms with Gasteiger partial charge in [0.25, 0.3) is 0 Å². The van der Waals surface area contributed by atoms with Crippen LogP contribution in [0.15, 0.2) is 18.2 Å². The second-order valence-corrected chi connectivity index (χ2v) is 6.20. The van der Waals surface area contributed by atoms with Crippen molar-refractivity contribution in [3.63, 3.8) is 0 Å². The fourth-order valence-corrected chi connectivity index (χ4v) is 3.93. The minimum Gasteiger partial charge on any atom is -0.318 e. The first-order valence-corrected chi connectivity index (χ1v) is 7.79. The van der Waals surface area contributed by atoms with Crippen LogP contribution in [0.25, 0.3) is 0 Å². The van der Waals surface area contributed by atoms with Crippen molar-refractivity contribution in [2.75, 3.05) is 20.1 Å². The van der Waals surface area contributed by atoms with Crippen LogP contribution in [0.3, 0.4) is 0 Å². The third kappa shape index (κ3) is 2.56. The molecule has 0 aromatic heterocycles. The molecular weight excluding hydrogens is 232 g/mol. The van der Waals surface area contributed by atoms with Gasteiger partial charge in [-0.3, -0.25) is 4.90 Å². The molecule has 0 amide bonds. The van der Waals surface area contributed by atoms with Crippen molar-refractivity contribution in [1.82, 2.24) is 10.2 Å². The molecule has 2 aliphatic rings. The summed E-state index contributed by atoms with van der Waals surface area (Å²) in [6.45, 7) is 4.64. The van der Waals surface area contributed by atoms with Crippen LogP contribution in [0.2, 0.25) is 0 Å². The number of aryl methyl sites for hydroxylation is 2. The smallest absolute Gasteiger partial charge is 0.0357 e. The van der Waals surface area contributed by atoms with Crippen LogP contribution < -0.4 is 5.32 Å². The number of hydrogen-bond acceptors (Lipinski definition) is 2. The van der Waals surface area contributed by atoms with E-state index in [0.29, 0.717) is 6.04 Å². The summed E-state index contributed by atoms with van der Waals surface area (Å²) in [7, 11) is 2.08. The van der Waals surface area contributed by atoms with Crippen LogP contribution in [0, 0.1) is 6.92 Å². The van der Waals surface area contributed by atoms with Gasteiger partial charge in [0.05, 0.1) is 0 Å². The summed E-state index contributed by atoms with van der Waals surface area (Å²) in [6.07, 6.45) is 6.72. The summed E-state index contributed by atoms with van der Waals surface area (Å²) < 4.78 is 0. The summed E-state index contributed by atoms with van der Waals surface area (Å²) >= 11 is 0. The van der Waals surface area contributed by atoms with Crippen molar-refractivity contribution < 1.29 is 0 Å². The fraction of sp³-hybridized carbons (Fsp3) is 0.647. The molecule has 1 aliphatic carbocycles.